The highest BCUT2D eigenvalue weighted by atomic mass is 32.1. The molecule has 0 unspecified atom stereocenters. The molecule has 0 aliphatic carbocycles. The van der Waals surface area contributed by atoms with E-state index in [-0.39, 0.29) is 5.82 Å². The monoisotopic (exact) mass is 284 g/mol. The standard InChI is InChI=1S/C14H9FN4S/c15-9-3-4-12-11(6-9)14-18-17-13(19(14)8-16-12)7-10-2-1-5-20-10/h1-6,8H,7H2. The van der Waals surface area contributed by atoms with Crippen molar-refractivity contribution in [1.29, 1.82) is 0 Å². The highest BCUT2D eigenvalue weighted by Crippen LogP contribution is 2.20. The van der Waals surface area contributed by atoms with Crippen LogP contribution in [0.4, 0.5) is 4.39 Å². The molecule has 0 saturated heterocycles. The molecule has 4 nitrogen and oxygen atoms in total. The molecule has 3 heterocycles. The molecule has 0 amide bonds. The molecule has 4 rings (SSSR count). The summed E-state index contributed by atoms with van der Waals surface area (Å²) in [7, 11) is 0. The molecule has 20 heavy (non-hydrogen) atoms. The molecule has 3 aromatic heterocycles. The second kappa shape index (κ2) is 4.35. The van der Waals surface area contributed by atoms with Crippen LogP contribution in [-0.4, -0.2) is 19.6 Å². The van der Waals surface area contributed by atoms with Gasteiger partial charge in [-0.25, -0.2) is 9.37 Å². The first-order valence-corrected chi connectivity index (χ1v) is 6.99. The first-order chi connectivity index (χ1) is 9.81. The smallest absolute Gasteiger partial charge is 0.171 e. The second-order valence-electron chi connectivity index (χ2n) is 4.47. The van der Waals surface area contributed by atoms with Gasteiger partial charge in [-0.05, 0) is 29.6 Å². The summed E-state index contributed by atoms with van der Waals surface area (Å²) in [5, 5.41) is 11.1. The molecule has 0 radical (unpaired) electrons. The minimum absolute atomic E-state index is 0.296. The quantitative estimate of drug-likeness (QED) is 0.568. The van der Waals surface area contributed by atoms with Gasteiger partial charge in [0.2, 0.25) is 0 Å². The summed E-state index contributed by atoms with van der Waals surface area (Å²) in [6.07, 6.45) is 2.39. The van der Waals surface area contributed by atoms with Crippen LogP contribution in [0.15, 0.2) is 42.0 Å². The van der Waals surface area contributed by atoms with Crippen molar-refractivity contribution in [2.75, 3.05) is 0 Å². The minimum atomic E-state index is -0.296. The zero-order valence-corrected chi connectivity index (χ0v) is 11.1. The molecule has 0 atom stereocenters. The topological polar surface area (TPSA) is 43.1 Å². The van der Waals surface area contributed by atoms with Crippen molar-refractivity contribution in [2.24, 2.45) is 0 Å². The lowest BCUT2D eigenvalue weighted by Crippen LogP contribution is -1.96. The first-order valence-electron chi connectivity index (χ1n) is 6.11. The minimum Gasteiger partial charge on any atom is -0.268 e. The lowest BCUT2D eigenvalue weighted by atomic mass is 10.2. The molecule has 0 N–H and O–H groups in total. The van der Waals surface area contributed by atoms with Gasteiger partial charge in [-0.1, -0.05) is 6.07 Å². The fourth-order valence-electron chi connectivity index (χ4n) is 2.24. The molecular weight excluding hydrogens is 275 g/mol. The van der Waals surface area contributed by atoms with Crippen LogP contribution in [-0.2, 0) is 6.42 Å². The fourth-order valence-corrected chi connectivity index (χ4v) is 2.94. The van der Waals surface area contributed by atoms with Gasteiger partial charge in [0, 0.05) is 16.7 Å². The SMILES string of the molecule is Fc1ccc2ncn3c(Cc4cccs4)nnc3c2c1. The summed E-state index contributed by atoms with van der Waals surface area (Å²) >= 11 is 1.67. The van der Waals surface area contributed by atoms with Gasteiger partial charge in [-0.2, -0.15) is 0 Å². The summed E-state index contributed by atoms with van der Waals surface area (Å²) in [5.74, 6) is 0.510. The van der Waals surface area contributed by atoms with E-state index >= 15 is 0 Å². The maximum atomic E-state index is 13.4. The van der Waals surface area contributed by atoms with Gasteiger partial charge in [0.05, 0.1) is 5.52 Å². The number of thiophene rings is 1. The summed E-state index contributed by atoms with van der Waals surface area (Å²) < 4.78 is 15.2. The number of nitrogens with zero attached hydrogens (tertiary/aromatic N) is 4. The molecule has 1 aromatic carbocycles. The van der Waals surface area contributed by atoms with Gasteiger partial charge in [0.15, 0.2) is 5.65 Å². The largest absolute Gasteiger partial charge is 0.268 e. The Balaban J connectivity index is 1.92. The molecule has 98 valence electrons. The van der Waals surface area contributed by atoms with Crippen LogP contribution in [0.2, 0.25) is 0 Å². The third-order valence-electron chi connectivity index (χ3n) is 3.19. The average molecular weight is 284 g/mol. The third-order valence-corrected chi connectivity index (χ3v) is 4.07. The molecule has 0 spiro atoms. The van der Waals surface area contributed by atoms with E-state index < -0.39 is 0 Å². The Morgan fingerprint density at radius 1 is 1.20 bits per heavy atom. The van der Waals surface area contributed by atoms with Gasteiger partial charge < -0.3 is 0 Å². The number of hydrogen-bond acceptors (Lipinski definition) is 4. The summed E-state index contributed by atoms with van der Waals surface area (Å²) in [5.41, 5.74) is 1.36. The van der Waals surface area contributed by atoms with Crippen LogP contribution in [0.1, 0.15) is 10.7 Å². The zero-order chi connectivity index (χ0) is 13.5. The Hall–Kier alpha value is -2.34. The predicted molar refractivity (Wildman–Crippen MR) is 75.4 cm³/mol. The van der Waals surface area contributed by atoms with E-state index in [1.807, 2.05) is 15.8 Å². The highest BCUT2D eigenvalue weighted by molar-refractivity contribution is 7.09. The van der Waals surface area contributed by atoms with Crippen LogP contribution in [0.3, 0.4) is 0 Å². The van der Waals surface area contributed by atoms with Crippen LogP contribution >= 0.6 is 11.3 Å². The summed E-state index contributed by atoms with van der Waals surface area (Å²) in [4.78, 5) is 5.54. The number of rotatable bonds is 2. The van der Waals surface area contributed by atoms with Crippen LogP contribution in [0, 0.1) is 5.82 Å². The molecule has 0 bridgehead atoms. The van der Waals surface area contributed by atoms with Crippen molar-refractivity contribution >= 4 is 27.9 Å². The van der Waals surface area contributed by atoms with E-state index in [4.69, 9.17) is 0 Å². The molecular formula is C14H9FN4S. The Labute approximate surface area is 117 Å². The maximum Gasteiger partial charge on any atom is 0.171 e. The average Bonchev–Trinajstić information content (AvgIpc) is 3.09. The van der Waals surface area contributed by atoms with E-state index in [1.54, 1.807) is 23.7 Å². The number of aromatic nitrogens is 4. The Bertz CT molecular complexity index is 898. The van der Waals surface area contributed by atoms with E-state index in [0.29, 0.717) is 23.0 Å². The lowest BCUT2D eigenvalue weighted by molar-refractivity contribution is 0.629. The number of fused-ring (bicyclic) bond motifs is 3. The second-order valence-corrected chi connectivity index (χ2v) is 5.50. The Morgan fingerprint density at radius 3 is 3.00 bits per heavy atom. The van der Waals surface area contributed by atoms with E-state index in [1.165, 1.54) is 17.0 Å². The lowest BCUT2D eigenvalue weighted by Gasteiger charge is -2.01. The Morgan fingerprint density at radius 2 is 2.15 bits per heavy atom. The normalized spacial score (nSPS) is 11.4. The maximum absolute atomic E-state index is 13.4. The van der Waals surface area contributed by atoms with Gasteiger partial charge in [0.25, 0.3) is 0 Å². The van der Waals surface area contributed by atoms with Crippen molar-refractivity contribution in [3.63, 3.8) is 0 Å². The molecule has 0 aliphatic heterocycles. The van der Waals surface area contributed by atoms with Crippen LogP contribution in [0.25, 0.3) is 16.6 Å². The van der Waals surface area contributed by atoms with Crippen molar-refractivity contribution in [1.82, 2.24) is 19.6 Å². The molecule has 6 heteroatoms. The Kier molecular flexibility index (Phi) is 2.50. The van der Waals surface area contributed by atoms with E-state index in [9.17, 15) is 4.39 Å². The summed E-state index contributed by atoms with van der Waals surface area (Å²) in [6, 6.07) is 8.56. The van der Waals surface area contributed by atoms with E-state index in [2.05, 4.69) is 21.2 Å². The highest BCUT2D eigenvalue weighted by Gasteiger charge is 2.11. The van der Waals surface area contributed by atoms with Crippen molar-refractivity contribution in [3.05, 3.63) is 58.6 Å². The third kappa shape index (κ3) is 1.77. The summed E-state index contributed by atoms with van der Waals surface area (Å²) in [6.45, 7) is 0. The number of halogens is 1. The van der Waals surface area contributed by atoms with Gasteiger partial charge >= 0.3 is 0 Å². The molecule has 0 aliphatic rings. The zero-order valence-electron chi connectivity index (χ0n) is 10.3. The molecule has 0 saturated carbocycles. The van der Waals surface area contributed by atoms with Gasteiger partial charge in [0.1, 0.15) is 18.0 Å². The van der Waals surface area contributed by atoms with E-state index in [0.717, 1.165) is 5.82 Å². The van der Waals surface area contributed by atoms with Crippen LogP contribution < -0.4 is 0 Å². The van der Waals surface area contributed by atoms with Gasteiger partial charge in [-0.3, -0.25) is 4.40 Å². The van der Waals surface area contributed by atoms with Crippen molar-refractivity contribution in [2.45, 2.75) is 6.42 Å². The van der Waals surface area contributed by atoms with Gasteiger partial charge in [-0.15, -0.1) is 21.5 Å². The number of benzene rings is 1. The van der Waals surface area contributed by atoms with Crippen molar-refractivity contribution in [3.8, 4) is 0 Å². The molecule has 0 fully saturated rings. The molecule has 4 aromatic rings. The van der Waals surface area contributed by atoms with Crippen molar-refractivity contribution < 1.29 is 4.39 Å². The number of hydrogen-bond donors (Lipinski definition) is 0. The predicted octanol–water partition coefficient (Wildman–Crippen LogP) is 3.07. The fraction of sp³-hybridized carbons (Fsp3) is 0.0714. The first kappa shape index (κ1) is 11.5. The van der Waals surface area contributed by atoms with Crippen LogP contribution in [0.5, 0.6) is 0 Å².